The second-order valence-corrected chi connectivity index (χ2v) is 3.17. The Labute approximate surface area is 73.7 Å². The highest BCUT2D eigenvalue weighted by molar-refractivity contribution is 5.85. The second-order valence-electron chi connectivity index (χ2n) is 3.17. The molecule has 0 saturated heterocycles. The highest BCUT2D eigenvalue weighted by atomic mass is 16.4. The van der Waals surface area contributed by atoms with Crippen LogP contribution in [0.4, 0.5) is 0 Å². The Balaban J connectivity index is 3.32. The van der Waals surface area contributed by atoms with Gasteiger partial charge in [-0.2, -0.15) is 0 Å². The van der Waals surface area contributed by atoms with Crippen LogP contribution in [0.25, 0.3) is 0 Å². The summed E-state index contributed by atoms with van der Waals surface area (Å²) in [7, 11) is 4.01. The number of rotatable bonds is 6. The van der Waals surface area contributed by atoms with E-state index in [1.54, 1.807) is 0 Å². The lowest BCUT2D eigenvalue weighted by Gasteiger charge is -2.08. The molecule has 0 aromatic heterocycles. The van der Waals surface area contributed by atoms with Gasteiger partial charge in [0.2, 0.25) is 0 Å². The molecule has 0 atom stereocenters. The van der Waals surface area contributed by atoms with Gasteiger partial charge in [0.15, 0.2) is 0 Å². The minimum absolute atomic E-state index is 0.314. The first-order valence-electron chi connectivity index (χ1n) is 4.10. The fraction of sp³-hybridized carbons (Fsp3) is 0.667. The molecular formula is C9H17NO2. The number of hydrogen-bond acceptors (Lipinski definition) is 2. The van der Waals surface area contributed by atoms with E-state index in [4.69, 9.17) is 5.11 Å². The van der Waals surface area contributed by atoms with Crippen molar-refractivity contribution in [3.05, 3.63) is 12.2 Å². The summed E-state index contributed by atoms with van der Waals surface area (Å²) < 4.78 is 0. The average Bonchev–Trinajstić information content (AvgIpc) is 1.97. The molecule has 0 aromatic carbocycles. The predicted molar refractivity (Wildman–Crippen MR) is 49.2 cm³/mol. The van der Waals surface area contributed by atoms with Crippen molar-refractivity contribution in [2.75, 3.05) is 20.6 Å². The zero-order valence-electron chi connectivity index (χ0n) is 7.84. The SMILES string of the molecule is C=C(CCCCN(C)C)C(=O)O. The molecular weight excluding hydrogens is 154 g/mol. The van der Waals surface area contributed by atoms with Gasteiger partial charge in [0.1, 0.15) is 0 Å². The third-order valence-corrected chi connectivity index (χ3v) is 1.64. The van der Waals surface area contributed by atoms with E-state index in [9.17, 15) is 4.79 Å². The molecule has 0 fully saturated rings. The third-order valence-electron chi connectivity index (χ3n) is 1.64. The molecule has 0 saturated carbocycles. The first kappa shape index (κ1) is 11.2. The Bertz CT molecular complexity index is 164. The van der Waals surface area contributed by atoms with E-state index in [0.29, 0.717) is 12.0 Å². The fourth-order valence-corrected chi connectivity index (χ4v) is 0.873. The number of nitrogens with zero attached hydrogens (tertiary/aromatic N) is 1. The molecule has 0 radical (unpaired) electrons. The molecule has 70 valence electrons. The van der Waals surface area contributed by atoms with Crippen molar-refractivity contribution in [1.82, 2.24) is 4.90 Å². The molecule has 3 heteroatoms. The molecule has 0 amide bonds. The number of carboxylic acid groups (broad SMARTS) is 1. The van der Waals surface area contributed by atoms with Crippen LogP contribution < -0.4 is 0 Å². The number of carboxylic acids is 1. The molecule has 0 heterocycles. The zero-order valence-corrected chi connectivity index (χ0v) is 7.84. The monoisotopic (exact) mass is 171 g/mol. The average molecular weight is 171 g/mol. The minimum Gasteiger partial charge on any atom is -0.478 e. The molecule has 0 aliphatic carbocycles. The number of unbranched alkanes of at least 4 members (excludes halogenated alkanes) is 1. The molecule has 3 nitrogen and oxygen atoms in total. The largest absolute Gasteiger partial charge is 0.478 e. The van der Waals surface area contributed by atoms with E-state index in [0.717, 1.165) is 19.4 Å². The summed E-state index contributed by atoms with van der Waals surface area (Å²) in [6, 6.07) is 0. The Morgan fingerprint density at radius 2 is 2.00 bits per heavy atom. The number of aliphatic carboxylic acids is 1. The highest BCUT2D eigenvalue weighted by Gasteiger charge is 2.02. The van der Waals surface area contributed by atoms with Crippen LogP contribution in [0.1, 0.15) is 19.3 Å². The van der Waals surface area contributed by atoms with E-state index in [2.05, 4.69) is 11.5 Å². The maximum absolute atomic E-state index is 10.3. The lowest BCUT2D eigenvalue weighted by atomic mass is 10.1. The van der Waals surface area contributed by atoms with Crippen LogP contribution in [0, 0.1) is 0 Å². The van der Waals surface area contributed by atoms with E-state index in [1.807, 2.05) is 14.1 Å². The van der Waals surface area contributed by atoms with Crippen molar-refractivity contribution in [1.29, 1.82) is 0 Å². The molecule has 1 N–H and O–H groups in total. The van der Waals surface area contributed by atoms with Gasteiger partial charge in [-0.25, -0.2) is 4.79 Å². The van der Waals surface area contributed by atoms with Gasteiger partial charge in [0.25, 0.3) is 0 Å². The lowest BCUT2D eigenvalue weighted by molar-refractivity contribution is -0.132. The Morgan fingerprint density at radius 1 is 1.42 bits per heavy atom. The topological polar surface area (TPSA) is 40.5 Å². The van der Waals surface area contributed by atoms with Gasteiger partial charge in [-0.15, -0.1) is 0 Å². The van der Waals surface area contributed by atoms with Crippen LogP contribution in [-0.4, -0.2) is 36.6 Å². The first-order valence-corrected chi connectivity index (χ1v) is 4.10. The summed E-state index contributed by atoms with van der Waals surface area (Å²) in [6.45, 7) is 4.46. The normalized spacial score (nSPS) is 10.2. The lowest BCUT2D eigenvalue weighted by Crippen LogP contribution is -2.12. The van der Waals surface area contributed by atoms with Crippen molar-refractivity contribution in [2.24, 2.45) is 0 Å². The van der Waals surface area contributed by atoms with Crippen LogP contribution in [0.5, 0.6) is 0 Å². The third kappa shape index (κ3) is 5.92. The summed E-state index contributed by atoms with van der Waals surface area (Å²) in [6.07, 6.45) is 2.53. The maximum Gasteiger partial charge on any atom is 0.330 e. The van der Waals surface area contributed by atoms with Gasteiger partial charge in [-0.3, -0.25) is 0 Å². The van der Waals surface area contributed by atoms with Gasteiger partial charge in [0, 0.05) is 5.57 Å². The summed E-state index contributed by atoms with van der Waals surface area (Å²) >= 11 is 0. The van der Waals surface area contributed by atoms with Gasteiger partial charge in [-0.1, -0.05) is 6.58 Å². The highest BCUT2D eigenvalue weighted by Crippen LogP contribution is 2.04. The van der Waals surface area contributed by atoms with Crippen LogP contribution in [0.2, 0.25) is 0 Å². The van der Waals surface area contributed by atoms with Crippen molar-refractivity contribution in [2.45, 2.75) is 19.3 Å². The second kappa shape index (κ2) is 5.77. The van der Waals surface area contributed by atoms with Gasteiger partial charge < -0.3 is 10.0 Å². The zero-order chi connectivity index (χ0) is 9.56. The number of carbonyl (C=O) groups is 1. The molecule has 0 spiro atoms. The first-order chi connectivity index (χ1) is 5.54. The van der Waals surface area contributed by atoms with Gasteiger partial charge in [-0.05, 0) is 39.9 Å². The molecule has 0 bridgehead atoms. The molecule has 0 aromatic rings. The Kier molecular flexibility index (Phi) is 5.37. The molecule has 12 heavy (non-hydrogen) atoms. The van der Waals surface area contributed by atoms with E-state index < -0.39 is 5.97 Å². The van der Waals surface area contributed by atoms with Crippen LogP contribution in [0.3, 0.4) is 0 Å². The van der Waals surface area contributed by atoms with Crippen molar-refractivity contribution in [3.63, 3.8) is 0 Å². The van der Waals surface area contributed by atoms with E-state index in [1.165, 1.54) is 0 Å². The maximum atomic E-state index is 10.3. The Hall–Kier alpha value is -0.830. The molecule has 0 aliphatic rings. The molecule has 0 unspecified atom stereocenters. The molecule has 0 rings (SSSR count). The van der Waals surface area contributed by atoms with Gasteiger partial charge >= 0.3 is 5.97 Å². The fourth-order valence-electron chi connectivity index (χ4n) is 0.873. The van der Waals surface area contributed by atoms with E-state index >= 15 is 0 Å². The molecule has 0 aliphatic heterocycles. The summed E-state index contributed by atoms with van der Waals surface area (Å²) in [5.41, 5.74) is 0.314. The van der Waals surface area contributed by atoms with Crippen LogP contribution in [-0.2, 0) is 4.79 Å². The number of hydrogen-bond donors (Lipinski definition) is 1. The summed E-state index contributed by atoms with van der Waals surface area (Å²) in [5.74, 6) is -0.875. The smallest absolute Gasteiger partial charge is 0.330 e. The van der Waals surface area contributed by atoms with E-state index in [-0.39, 0.29) is 0 Å². The van der Waals surface area contributed by atoms with Crippen molar-refractivity contribution >= 4 is 5.97 Å². The minimum atomic E-state index is -0.875. The Morgan fingerprint density at radius 3 is 2.42 bits per heavy atom. The van der Waals surface area contributed by atoms with Gasteiger partial charge in [0.05, 0.1) is 0 Å². The summed E-state index contributed by atoms with van der Waals surface area (Å²) in [5, 5.41) is 8.48. The predicted octanol–water partition coefficient (Wildman–Crippen LogP) is 1.36. The van der Waals surface area contributed by atoms with Crippen molar-refractivity contribution in [3.8, 4) is 0 Å². The van der Waals surface area contributed by atoms with Crippen LogP contribution >= 0.6 is 0 Å². The van der Waals surface area contributed by atoms with Crippen LogP contribution in [0.15, 0.2) is 12.2 Å². The summed E-state index contributed by atoms with van der Waals surface area (Å²) in [4.78, 5) is 12.4. The van der Waals surface area contributed by atoms with Crippen molar-refractivity contribution < 1.29 is 9.90 Å². The quantitative estimate of drug-likeness (QED) is 0.484. The standard InChI is InChI=1S/C9H17NO2/c1-8(9(11)12)6-4-5-7-10(2)3/h1,4-7H2,2-3H3,(H,11,12).